The van der Waals surface area contributed by atoms with Gasteiger partial charge in [-0.15, -0.1) is 0 Å². The molecule has 0 aliphatic carbocycles. The Morgan fingerprint density at radius 2 is 1.72 bits per heavy atom. The lowest BCUT2D eigenvalue weighted by molar-refractivity contribution is -0.295. The number of cyclic esters (lactones) is 1. The molecule has 3 saturated heterocycles. The number of benzene rings is 1. The normalized spacial score (nSPS) is 38.3. The molecule has 0 radical (unpaired) electrons. The summed E-state index contributed by atoms with van der Waals surface area (Å²) in [6, 6.07) is 5.64. The standard InChI is InChI=1S/C41H62FN3O12/c1-13-29-41(9)32(45(38(51)57-41)18-19-53-37(50)43-27-17-15-14-16-22(27)2)25(5)30(46)23(3)21-39(7,52-12)34(26(6)33(48)40(8,42)36(49)55-29)56-35-31(47)28(44(10)11)20-24(4)54-35/h14-17,23-26,28-29,31-32,34-35,47H,13,18-21H2,1-12H3,(H,43,50)/t23-,24-,25+,26+,28+,29-,31-,32-,34-,35+,39-,40+,41-/m1/s1. The van der Waals surface area contributed by atoms with E-state index >= 15 is 4.39 Å². The maximum atomic E-state index is 16.8. The van der Waals surface area contributed by atoms with Gasteiger partial charge in [0.25, 0.3) is 5.67 Å². The predicted molar refractivity (Wildman–Crippen MR) is 206 cm³/mol. The number of para-hydroxylation sites is 1. The number of rotatable bonds is 9. The number of aliphatic hydroxyl groups is 1. The van der Waals surface area contributed by atoms with E-state index in [1.165, 1.54) is 25.9 Å². The fraction of sp³-hybridized carbons (Fsp3) is 0.732. The molecule has 1 aromatic carbocycles. The number of Topliss-reactive ketones (excluding diaryl/α,β-unsaturated/α-hetero) is 2. The number of ether oxygens (including phenoxy) is 6. The van der Waals surface area contributed by atoms with E-state index in [9.17, 15) is 29.1 Å². The first-order chi connectivity index (χ1) is 26.5. The number of hydrogen-bond acceptors (Lipinski definition) is 13. The third-order valence-corrected chi connectivity index (χ3v) is 12.1. The van der Waals surface area contributed by atoms with E-state index in [0.717, 1.165) is 12.5 Å². The van der Waals surface area contributed by atoms with Crippen molar-refractivity contribution in [2.75, 3.05) is 39.7 Å². The van der Waals surface area contributed by atoms with Crippen molar-refractivity contribution >= 4 is 35.4 Å². The van der Waals surface area contributed by atoms with Crippen molar-refractivity contribution in [1.82, 2.24) is 9.80 Å². The Balaban J connectivity index is 1.73. The Kier molecular flexibility index (Phi) is 14.6. The third-order valence-electron chi connectivity index (χ3n) is 12.1. The molecule has 0 bridgehead atoms. The highest BCUT2D eigenvalue weighted by Gasteiger charge is 2.62. The van der Waals surface area contributed by atoms with E-state index in [2.05, 4.69) is 5.32 Å². The van der Waals surface area contributed by atoms with E-state index in [0.29, 0.717) is 12.1 Å². The molecule has 0 unspecified atom stereocenters. The first-order valence-corrected chi connectivity index (χ1v) is 19.7. The van der Waals surface area contributed by atoms with Crippen molar-refractivity contribution in [3.8, 4) is 0 Å². The first kappa shape index (κ1) is 46.0. The van der Waals surface area contributed by atoms with Gasteiger partial charge >= 0.3 is 18.2 Å². The second-order valence-electron chi connectivity index (χ2n) is 16.7. The Bertz CT molecular complexity index is 1640. The number of ketones is 2. The summed E-state index contributed by atoms with van der Waals surface area (Å²) in [5, 5.41) is 14.0. The van der Waals surface area contributed by atoms with Crippen LogP contribution in [0.25, 0.3) is 0 Å². The highest BCUT2D eigenvalue weighted by Crippen LogP contribution is 2.43. The van der Waals surface area contributed by atoms with Crippen LogP contribution >= 0.6 is 0 Å². The van der Waals surface area contributed by atoms with Gasteiger partial charge in [0, 0.05) is 36.6 Å². The number of aliphatic hydroxyl groups excluding tert-OH is 1. The van der Waals surface area contributed by atoms with Gasteiger partial charge in [-0.25, -0.2) is 18.8 Å². The molecular formula is C41H62FN3O12. The Morgan fingerprint density at radius 1 is 1.07 bits per heavy atom. The quantitative estimate of drug-likeness (QED) is 0.197. The molecule has 320 valence electrons. The van der Waals surface area contributed by atoms with Gasteiger partial charge in [0.05, 0.1) is 30.4 Å². The molecule has 13 atom stereocenters. The van der Waals surface area contributed by atoms with Crippen LogP contribution in [-0.2, 0) is 42.8 Å². The maximum Gasteiger partial charge on any atom is 0.411 e. The van der Waals surface area contributed by atoms with Gasteiger partial charge in [-0.2, -0.15) is 0 Å². The van der Waals surface area contributed by atoms with Crippen LogP contribution in [0.1, 0.15) is 80.2 Å². The number of amides is 2. The smallest absolute Gasteiger partial charge is 0.411 e. The summed E-state index contributed by atoms with van der Waals surface area (Å²) in [4.78, 5) is 72.1. The Hall–Kier alpha value is -3.70. The van der Waals surface area contributed by atoms with Gasteiger partial charge < -0.3 is 38.4 Å². The van der Waals surface area contributed by atoms with Crippen LogP contribution in [0.3, 0.4) is 0 Å². The van der Waals surface area contributed by atoms with Crippen molar-refractivity contribution < 1.29 is 61.9 Å². The van der Waals surface area contributed by atoms with Crippen LogP contribution in [0.4, 0.5) is 19.7 Å². The number of nitrogens with one attached hydrogen (secondary N) is 1. The molecule has 2 amide bonds. The van der Waals surface area contributed by atoms with Gasteiger partial charge in [0.2, 0.25) is 0 Å². The number of esters is 1. The lowest BCUT2D eigenvalue weighted by atomic mass is 9.73. The number of carbonyl (C=O) groups excluding carboxylic acids is 5. The lowest BCUT2D eigenvalue weighted by Gasteiger charge is -2.47. The molecule has 16 heteroatoms. The van der Waals surface area contributed by atoms with Gasteiger partial charge in [0.1, 0.15) is 24.6 Å². The second-order valence-corrected chi connectivity index (χ2v) is 16.7. The molecule has 3 aliphatic heterocycles. The molecule has 0 saturated carbocycles. The molecule has 3 fully saturated rings. The molecule has 0 spiro atoms. The number of carbonyl (C=O) groups is 5. The van der Waals surface area contributed by atoms with Crippen LogP contribution in [-0.4, -0.2) is 139 Å². The monoisotopic (exact) mass is 807 g/mol. The minimum atomic E-state index is -3.22. The van der Waals surface area contributed by atoms with Crippen LogP contribution in [0.15, 0.2) is 24.3 Å². The summed E-state index contributed by atoms with van der Waals surface area (Å²) in [6.07, 6.45) is -6.67. The average molecular weight is 808 g/mol. The fourth-order valence-electron chi connectivity index (χ4n) is 8.81. The minimum absolute atomic E-state index is 0.0150. The summed E-state index contributed by atoms with van der Waals surface area (Å²) in [5.74, 6) is -6.21. The van der Waals surface area contributed by atoms with Crippen molar-refractivity contribution in [3.05, 3.63) is 29.8 Å². The molecule has 3 heterocycles. The van der Waals surface area contributed by atoms with E-state index in [4.69, 9.17) is 28.4 Å². The van der Waals surface area contributed by atoms with Crippen LogP contribution < -0.4 is 5.32 Å². The molecule has 4 rings (SSSR count). The second kappa shape index (κ2) is 18.1. The van der Waals surface area contributed by atoms with Crippen LogP contribution in [0.5, 0.6) is 0 Å². The largest absolute Gasteiger partial charge is 0.455 e. The molecule has 3 aliphatic rings. The Labute approximate surface area is 335 Å². The predicted octanol–water partition coefficient (Wildman–Crippen LogP) is 4.84. The molecular weight excluding hydrogens is 745 g/mol. The maximum absolute atomic E-state index is 16.8. The zero-order valence-corrected chi connectivity index (χ0v) is 35.3. The Morgan fingerprint density at radius 3 is 2.32 bits per heavy atom. The van der Waals surface area contributed by atoms with Gasteiger partial charge in [-0.05, 0) is 79.6 Å². The molecule has 1 aromatic rings. The summed E-state index contributed by atoms with van der Waals surface area (Å²) in [7, 11) is 4.98. The van der Waals surface area contributed by atoms with E-state index in [1.54, 1.807) is 53.9 Å². The summed E-state index contributed by atoms with van der Waals surface area (Å²) in [6.45, 7) is 13.4. The van der Waals surface area contributed by atoms with Crippen molar-refractivity contribution in [2.45, 2.75) is 141 Å². The van der Waals surface area contributed by atoms with Crippen molar-refractivity contribution in [3.63, 3.8) is 0 Å². The summed E-state index contributed by atoms with van der Waals surface area (Å²) in [5.41, 5.74) is -5.08. The highest BCUT2D eigenvalue weighted by atomic mass is 19.1. The van der Waals surface area contributed by atoms with Crippen molar-refractivity contribution in [2.24, 2.45) is 17.8 Å². The van der Waals surface area contributed by atoms with Gasteiger partial charge in [-0.3, -0.25) is 19.8 Å². The minimum Gasteiger partial charge on any atom is -0.455 e. The lowest BCUT2D eigenvalue weighted by Crippen LogP contribution is -2.62. The topological polar surface area (TPSA) is 179 Å². The van der Waals surface area contributed by atoms with Crippen LogP contribution in [0.2, 0.25) is 0 Å². The van der Waals surface area contributed by atoms with E-state index in [1.807, 2.05) is 30.9 Å². The fourth-order valence-corrected chi connectivity index (χ4v) is 8.81. The SMILES string of the molecule is CC[C@H]1OC(=O)[C@@](C)(F)C(=O)[C@H](C)[C@@H](O[C@@H]2O[C@H](C)C[C@H](N(C)C)[C@H]2O)[C@](C)(OC)C[C@@H](C)C(=O)[C@H](C)[C@H]2N(CCOC(=O)Nc3ccccc3C)C(=O)O[C@]12C. The molecule has 0 aromatic heterocycles. The van der Waals surface area contributed by atoms with Gasteiger partial charge in [-0.1, -0.05) is 45.9 Å². The third kappa shape index (κ3) is 9.46. The zero-order valence-electron chi connectivity index (χ0n) is 35.3. The number of aryl methyl sites for hydroxylation is 1. The number of alkyl halides is 1. The van der Waals surface area contributed by atoms with Crippen LogP contribution in [0, 0.1) is 24.7 Å². The molecule has 2 N–H and O–H groups in total. The number of halogens is 1. The van der Waals surface area contributed by atoms with E-state index in [-0.39, 0.29) is 43.9 Å². The first-order valence-electron chi connectivity index (χ1n) is 19.7. The number of anilines is 1. The number of likely N-dealkylation sites (N-methyl/N-ethyl adjacent to an activating group) is 1. The highest BCUT2D eigenvalue weighted by molar-refractivity contribution is 6.08. The molecule has 15 nitrogen and oxygen atoms in total. The summed E-state index contributed by atoms with van der Waals surface area (Å²) < 4.78 is 52.5. The van der Waals surface area contributed by atoms with Crippen molar-refractivity contribution in [1.29, 1.82) is 0 Å². The number of methoxy groups -OCH3 is 1. The average Bonchev–Trinajstić information content (AvgIpc) is 3.41. The number of hydrogen-bond donors (Lipinski definition) is 2. The number of nitrogens with zero attached hydrogens (tertiary/aromatic N) is 2. The van der Waals surface area contributed by atoms with E-state index < -0.39 is 89.2 Å². The van der Waals surface area contributed by atoms with Gasteiger partial charge in [0.15, 0.2) is 17.7 Å². The molecule has 57 heavy (non-hydrogen) atoms. The summed E-state index contributed by atoms with van der Waals surface area (Å²) >= 11 is 0. The number of fused-ring (bicyclic) bond motifs is 1. The zero-order chi connectivity index (χ0) is 42.8.